The summed E-state index contributed by atoms with van der Waals surface area (Å²) >= 11 is 6.13. The SMILES string of the molecule is CC(=O)OC(C(=O)Nc1ccc(C(=N)N)c(Cl)c1)C1OCCN(c2cccc(N3CCOCC3=O)c2)C1=O. The van der Waals surface area contributed by atoms with E-state index < -0.39 is 30.0 Å². The standard InChI is InChI=1S/C25H26ClN5O7/c1-14(32)38-21(24(34)29-15-5-6-18(23(27)28)19(26)11-15)22-25(35)31(8-10-37-22)17-4-2-3-16(12-17)30-7-9-36-13-20(30)33/h2-6,11-12,21-22H,7-10,13H2,1H3,(H3,27,28)(H,29,34). The van der Waals surface area contributed by atoms with Crippen molar-refractivity contribution in [2.45, 2.75) is 19.1 Å². The quantitative estimate of drug-likeness (QED) is 0.267. The first-order valence-corrected chi connectivity index (χ1v) is 12.1. The van der Waals surface area contributed by atoms with Crippen LogP contribution in [0.5, 0.6) is 0 Å². The van der Waals surface area contributed by atoms with Gasteiger partial charge in [-0.05, 0) is 36.4 Å². The Kier molecular flexibility index (Phi) is 8.25. The van der Waals surface area contributed by atoms with Crippen LogP contribution in [0.2, 0.25) is 5.02 Å². The first kappa shape index (κ1) is 27.0. The van der Waals surface area contributed by atoms with Gasteiger partial charge in [-0.25, -0.2) is 0 Å². The molecule has 2 aliphatic rings. The number of anilines is 3. The molecule has 13 heteroatoms. The molecule has 2 fully saturated rings. The van der Waals surface area contributed by atoms with Gasteiger partial charge in [0.05, 0.1) is 18.2 Å². The van der Waals surface area contributed by atoms with Crippen molar-refractivity contribution in [3.05, 3.63) is 53.1 Å². The van der Waals surface area contributed by atoms with Crippen LogP contribution in [0.1, 0.15) is 12.5 Å². The fourth-order valence-corrected chi connectivity index (χ4v) is 4.44. The van der Waals surface area contributed by atoms with Crippen molar-refractivity contribution in [2.75, 3.05) is 48.0 Å². The number of rotatable bonds is 7. The zero-order valence-electron chi connectivity index (χ0n) is 20.4. The van der Waals surface area contributed by atoms with Crippen LogP contribution >= 0.6 is 11.6 Å². The second kappa shape index (κ2) is 11.6. The fraction of sp³-hybridized carbons (Fsp3) is 0.320. The molecule has 0 aliphatic carbocycles. The second-order valence-corrected chi connectivity index (χ2v) is 8.93. The minimum atomic E-state index is -1.60. The van der Waals surface area contributed by atoms with Gasteiger partial charge in [-0.1, -0.05) is 17.7 Å². The van der Waals surface area contributed by atoms with E-state index in [9.17, 15) is 19.2 Å². The Balaban J connectivity index is 1.56. The number of benzene rings is 2. The number of carbonyl (C=O) groups excluding carboxylic acids is 4. The maximum absolute atomic E-state index is 13.5. The average Bonchev–Trinajstić information content (AvgIpc) is 2.87. The van der Waals surface area contributed by atoms with E-state index in [1.165, 1.54) is 23.1 Å². The van der Waals surface area contributed by atoms with E-state index >= 15 is 0 Å². The van der Waals surface area contributed by atoms with Crippen LogP contribution in [0.25, 0.3) is 0 Å². The van der Waals surface area contributed by atoms with Crippen molar-refractivity contribution >= 4 is 58.2 Å². The van der Waals surface area contributed by atoms with Crippen molar-refractivity contribution in [3.63, 3.8) is 0 Å². The van der Waals surface area contributed by atoms with Gasteiger partial charge in [-0.3, -0.25) is 24.6 Å². The van der Waals surface area contributed by atoms with Crippen molar-refractivity contribution in [3.8, 4) is 0 Å². The smallest absolute Gasteiger partial charge is 0.303 e. The highest BCUT2D eigenvalue weighted by Gasteiger charge is 2.42. The number of nitrogens with zero attached hydrogens (tertiary/aromatic N) is 2. The molecule has 2 aromatic carbocycles. The van der Waals surface area contributed by atoms with Crippen LogP contribution in [-0.4, -0.2) is 74.6 Å². The molecule has 0 saturated carbocycles. The van der Waals surface area contributed by atoms with Crippen LogP contribution in [0.15, 0.2) is 42.5 Å². The summed E-state index contributed by atoms with van der Waals surface area (Å²) in [7, 11) is 0. The van der Waals surface area contributed by atoms with Gasteiger partial charge in [0.25, 0.3) is 17.7 Å². The molecular weight excluding hydrogens is 518 g/mol. The molecule has 2 atom stereocenters. The lowest BCUT2D eigenvalue weighted by molar-refractivity contribution is -0.167. The van der Waals surface area contributed by atoms with Crippen LogP contribution in [0, 0.1) is 5.41 Å². The number of ether oxygens (including phenoxy) is 3. The van der Waals surface area contributed by atoms with Gasteiger partial charge in [-0.2, -0.15) is 0 Å². The number of esters is 1. The van der Waals surface area contributed by atoms with Crippen molar-refractivity contribution in [1.29, 1.82) is 5.41 Å². The van der Waals surface area contributed by atoms with Gasteiger partial charge in [0, 0.05) is 42.6 Å². The summed E-state index contributed by atoms with van der Waals surface area (Å²) in [6.45, 7) is 2.13. The average molecular weight is 544 g/mol. The second-order valence-electron chi connectivity index (χ2n) is 8.53. The molecule has 38 heavy (non-hydrogen) atoms. The molecular formula is C25H26ClN5O7. The summed E-state index contributed by atoms with van der Waals surface area (Å²) < 4.78 is 16.0. The number of hydrogen-bond donors (Lipinski definition) is 3. The van der Waals surface area contributed by atoms with E-state index in [1.807, 2.05) is 0 Å². The molecule has 0 spiro atoms. The number of nitrogens with one attached hydrogen (secondary N) is 2. The summed E-state index contributed by atoms with van der Waals surface area (Å²) in [5, 5.41) is 10.2. The molecule has 0 radical (unpaired) electrons. The summed E-state index contributed by atoms with van der Waals surface area (Å²) in [5.74, 6) is -2.61. The summed E-state index contributed by atoms with van der Waals surface area (Å²) in [6.07, 6.45) is -3.02. The van der Waals surface area contributed by atoms with Crippen molar-refractivity contribution in [1.82, 2.24) is 0 Å². The van der Waals surface area contributed by atoms with E-state index in [0.717, 1.165) is 6.92 Å². The van der Waals surface area contributed by atoms with Gasteiger partial charge in [-0.15, -0.1) is 0 Å². The molecule has 3 amide bonds. The lowest BCUT2D eigenvalue weighted by Crippen LogP contribution is -2.56. The van der Waals surface area contributed by atoms with Gasteiger partial charge in [0.1, 0.15) is 12.4 Å². The van der Waals surface area contributed by atoms with E-state index in [0.29, 0.717) is 24.5 Å². The predicted octanol–water partition coefficient (Wildman–Crippen LogP) is 1.29. The maximum Gasteiger partial charge on any atom is 0.303 e. The zero-order valence-corrected chi connectivity index (χ0v) is 21.2. The largest absolute Gasteiger partial charge is 0.449 e. The number of amidine groups is 1. The Morgan fingerprint density at radius 3 is 2.50 bits per heavy atom. The van der Waals surface area contributed by atoms with Gasteiger partial charge >= 0.3 is 5.97 Å². The van der Waals surface area contributed by atoms with Gasteiger partial charge in [0.2, 0.25) is 6.10 Å². The first-order chi connectivity index (χ1) is 18.2. The molecule has 2 aliphatic heterocycles. The zero-order chi connectivity index (χ0) is 27.4. The molecule has 2 unspecified atom stereocenters. The maximum atomic E-state index is 13.5. The molecule has 12 nitrogen and oxygen atoms in total. The third kappa shape index (κ3) is 5.93. The van der Waals surface area contributed by atoms with E-state index in [4.69, 9.17) is 37.0 Å². The Morgan fingerprint density at radius 1 is 1.13 bits per heavy atom. The van der Waals surface area contributed by atoms with E-state index in [1.54, 1.807) is 29.2 Å². The van der Waals surface area contributed by atoms with Crippen LogP contribution < -0.4 is 20.9 Å². The first-order valence-electron chi connectivity index (χ1n) is 11.7. The number of morpholine rings is 2. The third-order valence-electron chi connectivity index (χ3n) is 5.91. The van der Waals surface area contributed by atoms with Crippen LogP contribution in [0.3, 0.4) is 0 Å². The lowest BCUT2D eigenvalue weighted by atomic mass is 10.1. The lowest BCUT2D eigenvalue weighted by Gasteiger charge is -2.35. The van der Waals surface area contributed by atoms with Gasteiger partial charge < -0.3 is 35.1 Å². The number of hydrogen-bond acceptors (Lipinski definition) is 8. The molecule has 2 aromatic rings. The molecule has 200 valence electrons. The monoisotopic (exact) mass is 543 g/mol. The highest BCUT2D eigenvalue weighted by atomic mass is 35.5. The van der Waals surface area contributed by atoms with Crippen LogP contribution in [0.4, 0.5) is 17.1 Å². The fourth-order valence-electron chi connectivity index (χ4n) is 4.16. The highest BCUT2D eigenvalue weighted by Crippen LogP contribution is 2.27. The third-order valence-corrected chi connectivity index (χ3v) is 6.23. The molecule has 4 rings (SSSR count). The highest BCUT2D eigenvalue weighted by molar-refractivity contribution is 6.34. The van der Waals surface area contributed by atoms with E-state index in [-0.39, 0.29) is 47.8 Å². The topological polar surface area (TPSA) is 164 Å². The summed E-state index contributed by atoms with van der Waals surface area (Å²) in [5.41, 5.74) is 7.09. The Morgan fingerprint density at radius 2 is 1.84 bits per heavy atom. The number of nitrogen functional groups attached to an aromatic ring is 1. The van der Waals surface area contributed by atoms with Crippen LogP contribution in [-0.2, 0) is 33.4 Å². The number of carbonyl (C=O) groups is 4. The molecule has 4 N–H and O–H groups in total. The molecule has 0 bridgehead atoms. The minimum Gasteiger partial charge on any atom is -0.449 e. The molecule has 0 aromatic heterocycles. The Labute approximate surface area is 223 Å². The summed E-state index contributed by atoms with van der Waals surface area (Å²) in [4.78, 5) is 53.8. The molecule has 2 heterocycles. The van der Waals surface area contributed by atoms with Crippen molar-refractivity contribution < 1.29 is 33.4 Å². The number of nitrogens with two attached hydrogens (primary N) is 1. The summed E-state index contributed by atoms with van der Waals surface area (Å²) in [6, 6.07) is 11.2. The molecule has 2 saturated heterocycles. The van der Waals surface area contributed by atoms with Gasteiger partial charge in [0.15, 0.2) is 6.10 Å². The predicted molar refractivity (Wildman–Crippen MR) is 138 cm³/mol. The van der Waals surface area contributed by atoms with E-state index in [2.05, 4.69) is 5.32 Å². The normalized spacial score (nSPS) is 18.6. The number of halogens is 1. The Bertz CT molecular complexity index is 1290. The van der Waals surface area contributed by atoms with Crippen molar-refractivity contribution in [2.24, 2.45) is 5.73 Å². The minimum absolute atomic E-state index is 0.0232. The number of amides is 3. The Hall–Kier alpha value is -4.00.